The van der Waals surface area contributed by atoms with Gasteiger partial charge in [0.05, 0.1) is 0 Å². The largest absolute Gasteiger partial charge is 0.490 e. The Bertz CT molecular complexity index is 2050. The Kier molecular flexibility index (Phi) is 15.7. The number of amides is 2. The Labute approximate surface area is 334 Å². The third-order valence-electron chi connectivity index (χ3n) is 9.06. The summed E-state index contributed by atoms with van der Waals surface area (Å²) in [5.74, 6) is 21.0. The molecule has 1 heterocycles. The maximum atomic E-state index is 13.7. The van der Waals surface area contributed by atoms with Crippen LogP contribution in [0.4, 0.5) is 9.59 Å². The summed E-state index contributed by atoms with van der Waals surface area (Å²) in [4.78, 5) is 52.4. The fourth-order valence-corrected chi connectivity index (χ4v) is 6.74. The van der Waals surface area contributed by atoms with Gasteiger partial charge in [-0.2, -0.15) is 0 Å². The zero-order chi connectivity index (χ0) is 41.3. The van der Waals surface area contributed by atoms with Crippen LogP contribution in [0.3, 0.4) is 0 Å². The lowest BCUT2D eigenvalue weighted by Gasteiger charge is -2.41. The highest BCUT2D eigenvalue weighted by Gasteiger charge is 2.56. The Hall–Kier alpha value is -6.76. The molecule has 2 amide bonds. The maximum Gasteiger partial charge on any atom is 0.410 e. The molecule has 0 spiro atoms. The number of carbonyl (C=O) groups excluding carboxylic acids is 4. The van der Waals surface area contributed by atoms with Crippen molar-refractivity contribution in [2.45, 2.75) is 70.7 Å². The topological polar surface area (TPSA) is 139 Å². The van der Waals surface area contributed by atoms with E-state index in [2.05, 4.69) is 72.8 Å². The zero-order valence-electron chi connectivity index (χ0n) is 32.6. The Morgan fingerprint density at radius 3 is 1.91 bits per heavy atom. The number of carbonyl (C=O) groups is 4. The number of aryl methyl sites for hydroxylation is 1. The quantitative estimate of drug-likeness (QED) is 0.107. The summed E-state index contributed by atoms with van der Waals surface area (Å²) in [6.07, 6.45) is 0.505. The van der Waals surface area contributed by atoms with Crippen molar-refractivity contribution in [3.05, 3.63) is 85.0 Å². The van der Waals surface area contributed by atoms with E-state index in [9.17, 15) is 19.2 Å². The van der Waals surface area contributed by atoms with Crippen molar-refractivity contribution in [3.63, 3.8) is 0 Å². The molecule has 296 valence electrons. The van der Waals surface area contributed by atoms with E-state index in [0.717, 1.165) is 17.7 Å². The zero-order valence-corrected chi connectivity index (χ0v) is 32.6. The van der Waals surface area contributed by atoms with Crippen LogP contribution < -0.4 is 14.8 Å². The molecular weight excluding hydrogens is 728 g/mol. The van der Waals surface area contributed by atoms with Crippen molar-refractivity contribution in [1.29, 1.82) is 0 Å². The molecule has 1 saturated carbocycles. The van der Waals surface area contributed by atoms with Crippen molar-refractivity contribution in [3.8, 4) is 58.9 Å². The number of ether oxygens (including phenoxy) is 6. The minimum atomic E-state index is -0.964. The highest BCUT2D eigenvalue weighted by Crippen LogP contribution is 2.51. The van der Waals surface area contributed by atoms with Gasteiger partial charge in [0.15, 0.2) is 12.2 Å². The molecule has 4 rings (SSSR count). The highest BCUT2D eigenvalue weighted by atomic mass is 16.6. The van der Waals surface area contributed by atoms with Crippen molar-refractivity contribution >= 4 is 24.1 Å². The molecular formula is C45H46N2O10. The average Bonchev–Trinajstić information content (AvgIpc) is 3.39. The van der Waals surface area contributed by atoms with Crippen LogP contribution in [0, 0.1) is 59.7 Å². The number of benzene rings is 2. The average molecular weight is 775 g/mol. The number of esters is 2. The first-order valence-electron chi connectivity index (χ1n) is 18.2. The second kappa shape index (κ2) is 20.8. The Balaban J connectivity index is 1.35. The summed E-state index contributed by atoms with van der Waals surface area (Å²) in [5.41, 5.74) is 0.730. The van der Waals surface area contributed by atoms with E-state index in [-0.39, 0.29) is 37.9 Å². The van der Waals surface area contributed by atoms with Gasteiger partial charge in [0.1, 0.15) is 37.9 Å². The van der Waals surface area contributed by atoms with Crippen LogP contribution in [0.15, 0.2) is 73.8 Å². The van der Waals surface area contributed by atoms with Crippen LogP contribution in [0.2, 0.25) is 0 Å². The van der Waals surface area contributed by atoms with Crippen LogP contribution >= 0.6 is 0 Å². The highest BCUT2D eigenvalue weighted by molar-refractivity contribution is 5.81. The predicted molar refractivity (Wildman–Crippen MR) is 211 cm³/mol. The molecule has 1 aliphatic heterocycles. The lowest BCUT2D eigenvalue weighted by Crippen LogP contribution is -2.52. The van der Waals surface area contributed by atoms with Crippen molar-refractivity contribution in [2.75, 3.05) is 33.0 Å². The minimum Gasteiger partial charge on any atom is -0.490 e. The molecule has 2 aromatic carbocycles. The van der Waals surface area contributed by atoms with Crippen molar-refractivity contribution in [2.24, 2.45) is 5.41 Å². The fraction of sp³-hybridized carbons (Fsp3) is 0.378. The number of likely N-dealkylation sites (tertiary alicyclic amines) is 1. The Morgan fingerprint density at radius 2 is 1.33 bits per heavy atom. The molecule has 0 aromatic heterocycles. The van der Waals surface area contributed by atoms with Crippen LogP contribution in [-0.4, -0.2) is 85.8 Å². The second-order valence-electron chi connectivity index (χ2n) is 14.1. The lowest BCUT2D eigenvalue weighted by atomic mass is 9.70. The van der Waals surface area contributed by atoms with Gasteiger partial charge in [-0.15, -0.1) is 0 Å². The molecule has 5 unspecified atom stereocenters. The third-order valence-corrected chi connectivity index (χ3v) is 9.06. The molecule has 1 N–H and O–H groups in total. The summed E-state index contributed by atoms with van der Waals surface area (Å²) in [6.45, 7) is 14.2. The van der Waals surface area contributed by atoms with Gasteiger partial charge >= 0.3 is 24.1 Å². The summed E-state index contributed by atoms with van der Waals surface area (Å²) >= 11 is 0. The van der Waals surface area contributed by atoms with Gasteiger partial charge in [-0.05, 0) is 117 Å². The lowest BCUT2D eigenvalue weighted by molar-refractivity contribution is -0.142. The van der Waals surface area contributed by atoms with Gasteiger partial charge in [0, 0.05) is 35.8 Å². The predicted octanol–water partition coefficient (Wildman–Crippen LogP) is 5.53. The van der Waals surface area contributed by atoms with Gasteiger partial charge in [0.2, 0.25) is 0 Å². The van der Waals surface area contributed by atoms with E-state index >= 15 is 0 Å². The third kappa shape index (κ3) is 13.8. The number of rotatable bonds is 15. The van der Waals surface area contributed by atoms with E-state index in [0.29, 0.717) is 42.9 Å². The van der Waals surface area contributed by atoms with Crippen LogP contribution in [0.1, 0.15) is 51.2 Å². The Morgan fingerprint density at radius 1 is 0.789 bits per heavy atom. The summed E-state index contributed by atoms with van der Waals surface area (Å²) in [7, 11) is 0. The summed E-state index contributed by atoms with van der Waals surface area (Å²) in [6, 6.07) is 13.9. The number of hydrogen-bond acceptors (Lipinski definition) is 10. The SMILES string of the molecule is C=CC(=O)OCC(COc1ccc(C#CC#CC#CC#CC)cc1)OC(=O)NC1CC2(C)CN(C(=O)OC(COC(=O)C=C)COc3ccc(C)cc3)C(C)(C1)C2. The van der Waals surface area contributed by atoms with E-state index in [1.165, 1.54) is 0 Å². The molecule has 0 radical (unpaired) electrons. The first-order valence-corrected chi connectivity index (χ1v) is 18.2. The smallest absolute Gasteiger partial charge is 0.410 e. The normalized spacial score (nSPS) is 19.6. The molecule has 2 fully saturated rings. The van der Waals surface area contributed by atoms with Gasteiger partial charge in [-0.25, -0.2) is 19.2 Å². The molecule has 12 heteroatoms. The molecule has 57 heavy (non-hydrogen) atoms. The molecule has 5 atom stereocenters. The number of nitrogens with one attached hydrogen (secondary N) is 1. The molecule has 2 aliphatic rings. The molecule has 1 aliphatic carbocycles. The number of alkyl carbamates (subject to hydrolysis) is 1. The first-order chi connectivity index (χ1) is 27.3. The molecule has 2 bridgehead atoms. The van der Waals surface area contributed by atoms with Gasteiger partial charge in [-0.1, -0.05) is 49.6 Å². The van der Waals surface area contributed by atoms with Crippen molar-refractivity contribution in [1.82, 2.24) is 10.2 Å². The molecule has 1 saturated heterocycles. The second-order valence-corrected chi connectivity index (χ2v) is 14.1. The minimum absolute atomic E-state index is 0.0494. The molecule has 12 nitrogen and oxygen atoms in total. The van der Waals surface area contributed by atoms with E-state index < -0.39 is 41.9 Å². The van der Waals surface area contributed by atoms with Crippen LogP contribution in [0.25, 0.3) is 0 Å². The number of hydrogen-bond donors (Lipinski definition) is 1. The van der Waals surface area contributed by atoms with Crippen LogP contribution in [0.5, 0.6) is 11.5 Å². The van der Waals surface area contributed by atoms with Crippen molar-refractivity contribution < 1.29 is 47.6 Å². The molecule has 2 aromatic rings. The standard InChI is InChI=1S/C45H46N2O10/c1-7-10-11-12-13-14-15-16-34-19-23-37(24-20-34)52-27-38(29-54-40(48)8-2)56-42(50)46-35-25-44(5)31-45(6,26-35)47(32-44)43(51)57-39(30-55-41(49)9-3)28-53-36-21-17-33(4)18-22-36/h8-9,17-24,35,38-39H,2-3,25-32H2,1,4-6H3,(H,46,50). The number of nitrogens with zero attached hydrogens (tertiary/aromatic N) is 1. The first kappa shape index (κ1) is 43.0. The number of fused-ring (bicyclic) bond motifs is 2. The van der Waals surface area contributed by atoms with Gasteiger partial charge < -0.3 is 38.6 Å². The van der Waals surface area contributed by atoms with E-state index in [1.54, 1.807) is 48.2 Å². The maximum absolute atomic E-state index is 13.7. The van der Waals surface area contributed by atoms with E-state index in [1.807, 2.05) is 26.0 Å². The monoisotopic (exact) mass is 774 g/mol. The summed E-state index contributed by atoms with van der Waals surface area (Å²) in [5, 5.41) is 2.94. The summed E-state index contributed by atoms with van der Waals surface area (Å²) < 4.78 is 33.7. The van der Waals surface area contributed by atoms with Gasteiger partial charge in [0.25, 0.3) is 0 Å². The van der Waals surface area contributed by atoms with E-state index in [4.69, 9.17) is 28.4 Å². The van der Waals surface area contributed by atoms with Crippen LogP contribution in [-0.2, 0) is 28.5 Å². The fourth-order valence-electron chi connectivity index (χ4n) is 6.74. The van der Waals surface area contributed by atoms with Gasteiger partial charge in [-0.3, -0.25) is 0 Å².